The standard InChI is InChI=1S/C43H65N5O11/c1-12-32-43(8)35(48(40(53)59-43)19-14-13-18-47-22-30(45-24-47)29-16-15-17-44-21-29)28(5)36(51)41(6,54)23-42(7,55-11)37(26(3)33(49)27(4)38(52)57-32)58-39-34(50)31(46(9)10)20-25(2)56-39/h15-17,21-22,24-28,31-32,34-35,37,39,50,54H,12-14,18-20,23H2,1-11H3/t25-,26+,27-,28-,31+,32-,34-,35-,37-,39+,41?,42-,43-/m1/s1. The van der Waals surface area contributed by atoms with Gasteiger partial charge in [0.1, 0.15) is 23.7 Å². The van der Waals surface area contributed by atoms with Gasteiger partial charge < -0.3 is 48.3 Å². The third-order valence-electron chi connectivity index (χ3n) is 12.8. The number of carbonyl (C=O) groups excluding carboxylic acids is 4. The number of hydrogen-bond acceptors (Lipinski definition) is 14. The Balaban J connectivity index is 1.46. The minimum atomic E-state index is -2.10. The number of cyclic esters (lactones) is 1. The molecular weight excluding hydrogens is 762 g/mol. The van der Waals surface area contributed by atoms with Gasteiger partial charge in [0.25, 0.3) is 0 Å². The molecular formula is C43H65N5O11. The number of likely N-dealkylation sites (N-methyl/N-ethyl adjacent to an activating group) is 1. The minimum absolute atomic E-state index is 0.198. The molecule has 5 heterocycles. The monoisotopic (exact) mass is 827 g/mol. The van der Waals surface area contributed by atoms with E-state index in [1.165, 1.54) is 25.9 Å². The van der Waals surface area contributed by atoms with E-state index in [0.29, 0.717) is 25.8 Å². The number of pyridine rings is 1. The number of amides is 1. The molecule has 1 amide bonds. The summed E-state index contributed by atoms with van der Waals surface area (Å²) < 4.78 is 32.9. The number of aryl methyl sites for hydroxylation is 1. The second kappa shape index (κ2) is 18.4. The van der Waals surface area contributed by atoms with Crippen molar-refractivity contribution in [1.29, 1.82) is 0 Å². The molecule has 13 atom stereocenters. The van der Waals surface area contributed by atoms with Crippen LogP contribution in [0.25, 0.3) is 11.3 Å². The van der Waals surface area contributed by atoms with Crippen molar-refractivity contribution in [2.24, 2.45) is 17.8 Å². The van der Waals surface area contributed by atoms with Crippen LogP contribution in [0.1, 0.15) is 87.5 Å². The third-order valence-corrected chi connectivity index (χ3v) is 12.8. The highest BCUT2D eigenvalue weighted by Crippen LogP contribution is 2.44. The number of aliphatic hydroxyl groups is 2. The van der Waals surface area contributed by atoms with Crippen LogP contribution in [0.15, 0.2) is 37.1 Å². The summed E-state index contributed by atoms with van der Waals surface area (Å²) in [5.74, 6) is -5.39. The first-order valence-electron chi connectivity index (χ1n) is 20.8. The fourth-order valence-corrected chi connectivity index (χ4v) is 9.50. The van der Waals surface area contributed by atoms with E-state index >= 15 is 0 Å². The number of esters is 1. The molecule has 5 rings (SSSR count). The van der Waals surface area contributed by atoms with Gasteiger partial charge in [0.05, 0.1) is 35.9 Å². The largest absolute Gasteiger partial charge is 0.458 e. The van der Waals surface area contributed by atoms with Crippen molar-refractivity contribution >= 4 is 23.6 Å². The summed E-state index contributed by atoms with van der Waals surface area (Å²) in [7, 11) is 5.07. The molecule has 1 unspecified atom stereocenters. The van der Waals surface area contributed by atoms with Gasteiger partial charge >= 0.3 is 12.1 Å². The molecule has 2 aromatic heterocycles. The topological polar surface area (TPSA) is 192 Å². The van der Waals surface area contributed by atoms with Crippen molar-refractivity contribution in [2.45, 2.75) is 154 Å². The van der Waals surface area contributed by atoms with Crippen molar-refractivity contribution < 1.29 is 53.1 Å². The molecule has 0 aliphatic carbocycles. The predicted molar refractivity (Wildman–Crippen MR) is 216 cm³/mol. The van der Waals surface area contributed by atoms with Gasteiger partial charge in [-0.2, -0.15) is 0 Å². The lowest BCUT2D eigenvalue weighted by Gasteiger charge is -2.48. The Bertz CT molecular complexity index is 1790. The van der Waals surface area contributed by atoms with Crippen LogP contribution in [-0.2, 0) is 44.6 Å². The molecule has 0 bridgehead atoms. The van der Waals surface area contributed by atoms with E-state index in [4.69, 9.17) is 23.7 Å². The molecule has 16 nitrogen and oxygen atoms in total. The van der Waals surface area contributed by atoms with Crippen molar-refractivity contribution in [3.8, 4) is 11.3 Å². The second-order valence-corrected chi connectivity index (χ2v) is 17.6. The number of rotatable bonds is 11. The average molecular weight is 828 g/mol. The molecule has 3 aliphatic rings. The third kappa shape index (κ3) is 9.57. The van der Waals surface area contributed by atoms with Gasteiger partial charge in [0.15, 0.2) is 23.5 Å². The number of methoxy groups -OCH3 is 1. The lowest BCUT2D eigenvalue weighted by molar-refractivity contribution is -0.297. The van der Waals surface area contributed by atoms with Crippen LogP contribution in [0, 0.1) is 17.8 Å². The van der Waals surface area contributed by atoms with Crippen LogP contribution in [0.4, 0.5) is 4.79 Å². The Labute approximate surface area is 347 Å². The van der Waals surface area contributed by atoms with Crippen LogP contribution in [0.2, 0.25) is 0 Å². The van der Waals surface area contributed by atoms with Gasteiger partial charge in [-0.15, -0.1) is 0 Å². The lowest BCUT2D eigenvalue weighted by Crippen LogP contribution is -2.62. The van der Waals surface area contributed by atoms with Gasteiger partial charge in [0, 0.05) is 68.7 Å². The summed E-state index contributed by atoms with van der Waals surface area (Å²) in [6.07, 6.45) is 3.07. The summed E-state index contributed by atoms with van der Waals surface area (Å²) in [6, 6.07) is 2.47. The SMILES string of the molecule is CC[C@H]1OC(=O)[C@H](C)C(=O)[C@H](C)[C@@H](O[C@@H]2O[C@H](C)C[C@H](N(C)C)[C@H]2O)[C@](C)(OC)CC(C)(O)C(=O)[C@H](C)[C@H]2N(CCCCn3cnc(-c4cccnc4)c3)C(=O)O[C@]12C. The number of ether oxygens (including phenoxy) is 5. The van der Waals surface area contributed by atoms with Gasteiger partial charge in [0.2, 0.25) is 0 Å². The molecule has 0 spiro atoms. The Morgan fingerprint density at radius 2 is 1.73 bits per heavy atom. The Morgan fingerprint density at radius 1 is 1.03 bits per heavy atom. The van der Waals surface area contributed by atoms with Crippen molar-refractivity contribution in [3.05, 3.63) is 37.1 Å². The van der Waals surface area contributed by atoms with E-state index in [1.807, 2.05) is 48.8 Å². The van der Waals surface area contributed by atoms with E-state index < -0.39 is 88.8 Å². The maximum absolute atomic E-state index is 14.8. The number of aromatic nitrogens is 3. The second-order valence-electron chi connectivity index (χ2n) is 17.6. The summed E-state index contributed by atoms with van der Waals surface area (Å²) in [5.41, 5.74) is -3.50. The number of aliphatic hydroxyl groups excluding tert-OH is 1. The lowest BCUT2D eigenvalue weighted by atomic mass is 9.71. The van der Waals surface area contributed by atoms with Gasteiger partial charge in [-0.3, -0.25) is 19.4 Å². The molecule has 0 saturated carbocycles. The number of ketones is 2. The van der Waals surface area contributed by atoms with Crippen molar-refractivity contribution in [2.75, 3.05) is 27.7 Å². The van der Waals surface area contributed by atoms with E-state index in [-0.39, 0.29) is 31.5 Å². The fourth-order valence-electron chi connectivity index (χ4n) is 9.50. The van der Waals surface area contributed by atoms with Crippen LogP contribution >= 0.6 is 0 Å². The zero-order valence-electron chi connectivity index (χ0n) is 36.5. The normalized spacial score (nSPS) is 37.6. The average Bonchev–Trinajstić information content (AvgIpc) is 3.78. The molecule has 3 aliphatic heterocycles. The molecule has 0 radical (unpaired) electrons. The maximum Gasteiger partial charge on any atom is 0.410 e. The molecule has 3 saturated heterocycles. The van der Waals surface area contributed by atoms with E-state index in [9.17, 15) is 29.4 Å². The molecule has 328 valence electrons. The highest BCUT2D eigenvalue weighted by Gasteiger charge is 2.61. The highest BCUT2D eigenvalue weighted by molar-refractivity contribution is 6.00. The quantitative estimate of drug-likeness (QED) is 0.187. The van der Waals surface area contributed by atoms with E-state index in [2.05, 4.69) is 9.97 Å². The van der Waals surface area contributed by atoms with Crippen LogP contribution in [-0.4, -0.2) is 146 Å². The number of nitrogens with zero attached hydrogens (tertiary/aromatic N) is 5. The number of Topliss-reactive ketones (excluding diaryl/α,β-unsaturated/α-hetero) is 2. The van der Waals surface area contributed by atoms with Crippen LogP contribution < -0.4 is 0 Å². The highest BCUT2D eigenvalue weighted by atomic mass is 16.7. The summed E-state index contributed by atoms with van der Waals surface area (Å²) in [6.45, 7) is 13.8. The van der Waals surface area contributed by atoms with Gasteiger partial charge in [-0.25, -0.2) is 9.78 Å². The Hall–Kier alpha value is -3.80. The minimum Gasteiger partial charge on any atom is -0.458 e. The molecule has 16 heteroatoms. The molecule has 59 heavy (non-hydrogen) atoms. The van der Waals surface area contributed by atoms with Crippen molar-refractivity contribution in [1.82, 2.24) is 24.3 Å². The fraction of sp³-hybridized carbons (Fsp3) is 0.721. The van der Waals surface area contributed by atoms with E-state index in [0.717, 1.165) is 11.3 Å². The summed E-state index contributed by atoms with van der Waals surface area (Å²) in [5, 5.41) is 23.7. The first kappa shape index (κ1) is 46.3. The Morgan fingerprint density at radius 3 is 2.36 bits per heavy atom. The Kier molecular flexibility index (Phi) is 14.5. The summed E-state index contributed by atoms with van der Waals surface area (Å²) >= 11 is 0. The van der Waals surface area contributed by atoms with Gasteiger partial charge in [-0.1, -0.05) is 20.8 Å². The number of hydrogen-bond donors (Lipinski definition) is 2. The number of carbonyl (C=O) groups is 4. The number of fused-ring (bicyclic) bond motifs is 1. The molecule has 3 fully saturated rings. The first-order valence-corrected chi connectivity index (χ1v) is 20.8. The molecule has 2 N–H and O–H groups in total. The molecule has 0 aromatic carbocycles. The number of unbranched alkanes of at least 4 members (excludes halogenated alkanes) is 1. The predicted octanol–water partition coefficient (Wildman–Crippen LogP) is 4.04. The van der Waals surface area contributed by atoms with Gasteiger partial charge in [-0.05, 0) is 86.5 Å². The van der Waals surface area contributed by atoms with E-state index in [1.54, 1.807) is 53.3 Å². The van der Waals surface area contributed by atoms with Crippen molar-refractivity contribution in [3.63, 3.8) is 0 Å². The zero-order valence-corrected chi connectivity index (χ0v) is 36.5. The molecule has 2 aromatic rings. The van der Waals surface area contributed by atoms with Crippen LogP contribution in [0.5, 0.6) is 0 Å². The summed E-state index contributed by atoms with van der Waals surface area (Å²) in [4.78, 5) is 69.0. The zero-order chi connectivity index (χ0) is 43.6. The smallest absolute Gasteiger partial charge is 0.410 e. The maximum atomic E-state index is 14.8. The number of imidazole rings is 1. The van der Waals surface area contributed by atoms with Crippen LogP contribution in [0.3, 0.4) is 0 Å². The first-order chi connectivity index (χ1) is 27.7.